The number of hydrogen-bond donors (Lipinski definition) is 1. The number of benzene rings is 2. The van der Waals surface area contributed by atoms with Crippen molar-refractivity contribution in [3.63, 3.8) is 0 Å². The normalized spacial score (nSPS) is 13.5. The molecule has 0 aliphatic carbocycles. The second-order valence-electron chi connectivity index (χ2n) is 8.21. The number of pyridine rings is 1. The van der Waals surface area contributed by atoms with Gasteiger partial charge in [0.05, 0.1) is 16.8 Å². The first kappa shape index (κ1) is 20.0. The molecule has 0 bridgehead atoms. The van der Waals surface area contributed by atoms with Crippen LogP contribution in [0, 0.1) is 24.1 Å². The Morgan fingerprint density at radius 3 is 2.54 bits per heavy atom. The van der Waals surface area contributed by atoms with E-state index in [9.17, 15) is 9.18 Å². The van der Waals surface area contributed by atoms with Gasteiger partial charge in [-0.1, -0.05) is 63.2 Å². The third kappa shape index (κ3) is 4.38. The fourth-order valence-corrected chi connectivity index (χ4v) is 3.85. The predicted molar refractivity (Wildman–Crippen MR) is 113 cm³/mol. The predicted octanol–water partition coefficient (Wildman–Crippen LogP) is 5.92. The van der Waals surface area contributed by atoms with E-state index in [1.165, 1.54) is 6.07 Å². The molecule has 0 fully saturated rings. The molecule has 1 aromatic heterocycles. The molecule has 0 saturated carbocycles. The monoisotopic (exact) mass is 378 g/mol. The number of hydrogen-bond acceptors (Lipinski definition) is 2. The third-order valence-corrected chi connectivity index (χ3v) is 5.08. The summed E-state index contributed by atoms with van der Waals surface area (Å²) in [5, 5.41) is 3.74. The van der Waals surface area contributed by atoms with Crippen LogP contribution >= 0.6 is 0 Å². The Bertz CT molecular complexity index is 985. The lowest BCUT2D eigenvalue weighted by atomic mass is 9.76. The van der Waals surface area contributed by atoms with Gasteiger partial charge in [0.1, 0.15) is 11.3 Å². The number of halogens is 1. The summed E-state index contributed by atoms with van der Waals surface area (Å²) in [5.74, 6) is -0.0118. The molecule has 1 amide bonds. The van der Waals surface area contributed by atoms with Crippen LogP contribution in [0.4, 0.5) is 10.1 Å². The topological polar surface area (TPSA) is 42.0 Å². The Hall–Kier alpha value is -2.75. The van der Waals surface area contributed by atoms with Crippen LogP contribution in [-0.4, -0.2) is 10.9 Å². The van der Waals surface area contributed by atoms with Gasteiger partial charge in [-0.2, -0.15) is 0 Å². The van der Waals surface area contributed by atoms with E-state index in [4.69, 9.17) is 0 Å². The quantitative estimate of drug-likeness (QED) is 0.579. The second kappa shape index (κ2) is 8.09. The number of carbonyl (C=O) groups is 1. The summed E-state index contributed by atoms with van der Waals surface area (Å²) >= 11 is 0. The number of amides is 1. The number of aromatic nitrogens is 1. The summed E-state index contributed by atoms with van der Waals surface area (Å²) in [7, 11) is 0. The molecule has 1 heterocycles. The molecular formula is C24H27FN2O. The van der Waals surface area contributed by atoms with Crippen LogP contribution in [0.25, 0.3) is 10.9 Å². The van der Waals surface area contributed by atoms with Crippen LogP contribution < -0.4 is 5.32 Å². The molecule has 1 atom stereocenters. The van der Waals surface area contributed by atoms with E-state index in [2.05, 4.69) is 36.3 Å². The van der Waals surface area contributed by atoms with Crippen LogP contribution in [-0.2, 0) is 11.2 Å². The zero-order chi connectivity index (χ0) is 20.3. The molecule has 1 unspecified atom stereocenters. The van der Waals surface area contributed by atoms with E-state index in [0.717, 1.165) is 12.0 Å². The SMILES string of the molecule is Cc1nc2c(F)cccc2cc1NC(=O)C(C)(Cc1ccccc1)CC(C)C. The fourth-order valence-electron chi connectivity index (χ4n) is 3.85. The molecule has 0 saturated heterocycles. The second-order valence-corrected chi connectivity index (χ2v) is 8.21. The zero-order valence-corrected chi connectivity index (χ0v) is 16.9. The Labute approximate surface area is 166 Å². The number of aryl methyl sites for hydroxylation is 1. The summed E-state index contributed by atoms with van der Waals surface area (Å²) in [5.41, 5.74) is 2.14. The number of nitrogens with one attached hydrogen (secondary N) is 1. The van der Waals surface area contributed by atoms with Gasteiger partial charge in [-0.25, -0.2) is 9.37 Å². The van der Waals surface area contributed by atoms with Gasteiger partial charge in [-0.05, 0) is 43.4 Å². The minimum absolute atomic E-state index is 0.0364. The van der Waals surface area contributed by atoms with Gasteiger partial charge in [0.25, 0.3) is 0 Å². The minimum atomic E-state index is -0.557. The number of nitrogens with zero attached hydrogens (tertiary/aromatic N) is 1. The Balaban J connectivity index is 1.91. The number of rotatable bonds is 6. The largest absolute Gasteiger partial charge is 0.324 e. The highest BCUT2D eigenvalue weighted by Crippen LogP contribution is 2.33. The highest BCUT2D eigenvalue weighted by atomic mass is 19.1. The highest BCUT2D eigenvalue weighted by molar-refractivity contribution is 5.97. The van der Waals surface area contributed by atoms with E-state index in [0.29, 0.717) is 34.6 Å². The summed E-state index contributed by atoms with van der Waals surface area (Å²) in [4.78, 5) is 17.7. The van der Waals surface area contributed by atoms with Crippen molar-refractivity contribution in [2.45, 2.75) is 40.5 Å². The molecule has 0 aliphatic heterocycles. The van der Waals surface area contributed by atoms with Gasteiger partial charge in [-0.15, -0.1) is 0 Å². The fraction of sp³-hybridized carbons (Fsp3) is 0.333. The molecule has 146 valence electrons. The molecule has 28 heavy (non-hydrogen) atoms. The molecule has 1 N–H and O–H groups in total. The minimum Gasteiger partial charge on any atom is -0.324 e. The summed E-state index contributed by atoms with van der Waals surface area (Å²) < 4.78 is 14.0. The van der Waals surface area contributed by atoms with Crippen molar-refractivity contribution >= 4 is 22.5 Å². The van der Waals surface area contributed by atoms with E-state index in [-0.39, 0.29) is 11.7 Å². The van der Waals surface area contributed by atoms with E-state index < -0.39 is 5.41 Å². The Kier molecular flexibility index (Phi) is 5.78. The Morgan fingerprint density at radius 1 is 1.14 bits per heavy atom. The lowest BCUT2D eigenvalue weighted by Gasteiger charge is -2.30. The van der Waals surface area contributed by atoms with Crippen LogP contribution in [0.1, 0.15) is 38.4 Å². The molecule has 3 aromatic rings. The lowest BCUT2D eigenvalue weighted by molar-refractivity contribution is -0.125. The van der Waals surface area contributed by atoms with Crippen molar-refractivity contribution in [3.8, 4) is 0 Å². The first-order valence-corrected chi connectivity index (χ1v) is 9.70. The van der Waals surface area contributed by atoms with Crippen molar-refractivity contribution in [3.05, 3.63) is 71.7 Å². The summed E-state index contributed by atoms with van der Waals surface area (Å²) in [6.07, 6.45) is 1.43. The zero-order valence-electron chi connectivity index (χ0n) is 16.9. The standard InChI is InChI=1S/C24H27FN2O/c1-16(2)14-24(4,15-18-9-6-5-7-10-18)23(28)27-21-13-19-11-8-12-20(25)22(19)26-17(21)3/h5-13,16H,14-15H2,1-4H3,(H,27,28). The molecule has 4 heteroatoms. The van der Waals surface area contributed by atoms with E-state index >= 15 is 0 Å². The maximum atomic E-state index is 14.0. The van der Waals surface area contributed by atoms with Crippen molar-refractivity contribution in [2.75, 3.05) is 5.32 Å². The van der Waals surface area contributed by atoms with Crippen LogP contribution in [0.15, 0.2) is 54.6 Å². The van der Waals surface area contributed by atoms with Gasteiger partial charge in [0.15, 0.2) is 0 Å². The number of para-hydroxylation sites is 1. The molecule has 0 aliphatic rings. The number of anilines is 1. The summed E-state index contributed by atoms with van der Waals surface area (Å²) in [6, 6.07) is 16.7. The number of carbonyl (C=O) groups excluding carboxylic acids is 1. The lowest BCUT2D eigenvalue weighted by Crippen LogP contribution is -2.37. The highest BCUT2D eigenvalue weighted by Gasteiger charge is 2.34. The van der Waals surface area contributed by atoms with Crippen LogP contribution in [0.5, 0.6) is 0 Å². The van der Waals surface area contributed by atoms with Gasteiger partial charge in [0, 0.05) is 5.39 Å². The van der Waals surface area contributed by atoms with Crippen molar-refractivity contribution < 1.29 is 9.18 Å². The molecule has 3 nitrogen and oxygen atoms in total. The van der Waals surface area contributed by atoms with E-state index in [1.54, 1.807) is 25.1 Å². The van der Waals surface area contributed by atoms with Crippen molar-refractivity contribution in [2.24, 2.45) is 11.3 Å². The third-order valence-electron chi connectivity index (χ3n) is 5.08. The maximum Gasteiger partial charge on any atom is 0.230 e. The first-order chi connectivity index (χ1) is 13.3. The van der Waals surface area contributed by atoms with Gasteiger partial charge in [0.2, 0.25) is 5.91 Å². The van der Waals surface area contributed by atoms with Crippen molar-refractivity contribution in [1.82, 2.24) is 4.98 Å². The average molecular weight is 378 g/mol. The van der Waals surface area contributed by atoms with Crippen molar-refractivity contribution in [1.29, 1.82) is 0 Å². The molecule has 2 aromatic carbocycles. The summed E-state index contributed by atoms with van der Waals surface area (Å²) in [6.45, 7) is 8.06. The first-order valence-electron chi connectivity index (χ1n) is 9.70. The molecule has 0 spiro atoms. The Morgan fingerprint density at radius 2 is 1.86 bits per heavy atom. The van der Waals surface area contributed by atoms with Crippen LogP contribution in [0.2, 0.25) is 0 Å². The van der Waals surface area contributed by atoms with Crippen LogP contribution in [0.3, 0.4) is 0 Å². The average Bonchev–Trinajstić information content (AvgIpc) is 2.63. The van der Waals surface area contributed by atoms with E-state index in [1.807, 2.05) is 25.1 Å². The van der Waals surface area contributed by atoms with Gasteiger partial charge < -0.3 is 5.32 Å². The number of fused-ring (bicyclic) bond motifs is 1. The van der Waals surface area contributed by atoms with Gasteiger partial charge >= 0.3 is 0 Å². The maximum absolute atomic E-state index is 14.0. The molecule has 3 rings (SSSR count). The smallest absolute Gasteiger partial charge is 0.230 e. The molecule has 0 radical (unpaired) electrons. The molecular weight excluding hydrogens is 351 g/mol. The van der Waals surface area contributed by atoms with Gasteiger partial charge in [-0.3, -0.25) is 4.79 Å².